The summed E-state index contributed by atoms with van der Waals surface area (Å²) in [5, 5.41) is 20.0. The van der Waals surface area contributed by atoms with E-state index >= 15 is 0 Å². The monoisotopic (exact) mass is 358 g/mol. The first-order valence-corrected chi connectivity index (χ1v) is 8.23. The zero-order valence-electron chi connectivity index (χ0n) is 14.2. The predicted molar refractivity (Wildman–Crippen MR) is 94.2 cm³/mol. The number of carbonyl (C=O) groups is 2. The number of Topliss-reactive ketones (excluding diaryl/α,β-unsaturated/α-hetero) is 1. The summed E-state index contributed by atoms with van der Waals surface area (Å²) >= 11 is 0. The van der Waals surface area contributed by atoms with E-state index in [1.165, 1.54) is 0 Å². The molecule has 0 radical (unpaired) electrons. The summed E-state index contributed by atoms with van der Waals surface area (Å²) in [5.41, 5.74) is 1.69. The Bertz CT molecular complexity index is 673. The van der Waals surface area contributed by atoms with Gasteiger partial charge in [0.2, 0.25) is 0 Å². The van der Waals surface area contributed by atoms with E-state index in [4.69, 9.17) is 9.47 Å². The molecule has 2 N–H and O–H groups in total. The van der Waals surface area contributed by atoms with Crippen LogP contribution in [0.1, 0.15) is 11.1 Å². The molecule has 6 heteroatoms. The summed E-state index contributed by atoms with van der Waals surface area (Å²) < 4.78 is 10.6. The van der Waals surface area contributed by atoms with E-state index in [0.29, 0.717) is 6.29 Å². The summed E-state index contributed by atoms with van der Waals surface area (Å²) in [7, 11) is 0. The van der Waals surface area contributed by atoms with Gasteiger partial charge in [-0.2, -0.15) is 0 Å². The number of hydrogen-bond acceptors (Lipinski definition) is 6. The van der Waals surface area contributed by atoms with Crippen molar-refractivity contribution in [1.29, 1.82) is 0 Å². The molecule has 0 aliphatic heterocycles. The fourth-order valence-electron chi connectivity index (χ4n) is 2.28. The van der Waals surface area contributed by atoms with Crippen LogP contribution in [0.5, 0.6) is 0 Å². The summed E-state index contributed by atoms with van der Waals surface area (Å²) in [6.45, 7) is -0.0961. The van der Waals surface area contributed by atoms with Gasteiger partial charge in [0.1, 0.15) is 24.9 Å². The van der Waals surface area contributed by atoms with Crippen LogP contribution in [0.15, 0.2) is 60.7 Å². The van der Waals surface area contributed by atoms with E-state index in [0.717, 1.165) is 11.1 Å². The number of aliphatic hydroxyl groups excluding tert-OH is 2. The Morgan fingerprint density at radius 3 is 2.00 bits per heavy atom. The second-order valence-corrected chi connectivity index (χ2v) is 5.78. The molecule has 6 nitrogen and oxygen atoms in total. The molecule has 0 aromatic heterocycles. The van der Waals surface area contributed by atoms with Gasteiger partial charge in [-0.3, -0.25) is 4.79 Å². The van der Waals surface area contributed by atoms with Crippen LogP contribution < -0.4 is 0 Å². The van der Waals surface area contributed by atoms with Crippen LogP contribution in [0, 0.1) is 0 Å². The van der Waals surface area contributed by atoms with Gasteiger partial charge >= 0.3 is 0 Å². The molecule has 138 valence electrons. The van der Waals surface area contributed by atoms with Crippen molar-refractivity contribution < 1.29 is 29.3 Å². The molecule has 0 heterocycles. The predicted octanol–water partition coefficient (Wildman–Crippen LogP) is 1.28. The van der Waals surface area contributed by atoms with Crippen molar-refractivity contribution in [3.8, 4) is 0 Å². The third-order valence-electron chi connectivity index (χ3n) is 3.77. The first kappa shape index (κ1) is 19.9. The minimum Gasteiger partial charge on any atom is -0.387 e. The zero-order valence-corrected chi connectivity index (χ0v) is 14.2. The number of benzene rings is 2. The number of aliphatic hydroxyl groups is 2. The fraction of sp³-hybridized carbons (Fsp3) is 0.300. The molecule has 0 saturated heterocycles. The highest BCUT2D eigenvalue weighted by Gasteiger charge is 2.31. The molecule has 0 spiro atoms. The number of rotatable bonds is 11. The van der Waals surface area contributed by atoms with Gasteiger partial charge < -0.3 is 24.5 Å². The Balaban J connectivity index is 1.80. The van der Waals surface area contributed by atoms with E-state index in [1.54, 1.807) is 12.1 Å². The summed E-state index contributed by atoms with van der Waals surface area (Å²) in [5.74, 6) is -0.719. The highest BCUT2D eigenvalue weighted by atomic mass is 16.5. The zero-order chi connectivity index (χ0) is 18.8. The molecule has 2 rings (SSSR count). The average Bonchev–Trinajstić information content (AvgIpc) is 2.69. The molecular formula is C20H22O6. The minimum atomic E-state index is -1.77. The van der Waals surface area contributed by atoms with Crippen molar-refractivity contribution in [2.75, 3.05) is 6.61 Å². The van der Waals surface area contributed by atoms with Gasteiger partial charge in [0.25, 0.3) is 0 Å². The lowest BCUT2D eigenvalue weighted by atomic mass is 10.1. The Morgan fingerprint density at radius 2 is 1.46 bits per heavy atom. The van der Waals surface area contributed by atoms with Gasteiger partial charge in [-0.15, -0.1) is 0 Å². The van der Waals surface area contributed by atoms with Crippen molar-refractivity contribution in [3.05, 3.63) is 71.8 Å². The van der Waals surface area contributed by atoms with E-state index in [-0.39, 0.29) is 19.8 Å². The first-order valence-electron chi connectivity index (χ1n) is 8.23. The molecule has 2 aromatic carbocycles. The molecule has 0 aliphatic carbocycles. The van der Waals surface area contributed by atoms with Crippen LogP contribution in [0.3, 0.4) is 0 Å². The van der Waals surface area contributed by atoms with Crippen molar-refractivity contribution in [2.45, 2.75) is 31.5 Å². The molecule has 0 fully saturated rings. The quantitative estimate of drug-likeness (QED) is 0.588. The Hall–Kier alpha value is -2.38. The van der Waals surface area contributed by atoms with Gasteiger partial charge in [0.05, 0.1) is 13.2 Å². The molecule has 26 heavy (non-hydrogen) atoms. The van der Waals surface area contributed by atoms with Crippen LogP contribution in [0.25, 0.3) is 0 Å². The maximum absolute atomic E-state index is 12.0. The summed E-state index contributed by atoms with van der Waals surface area (Å²) in [6, 6.07) is 18.3. The van der Waals surface area contributed by atoms with Crippen molar-refractivity contribution in [2.24, 2.45) is 0 Å². The standard InChI is InChI=1S/C20H22O6/c21-11-18(26-13-16-9-5-2-6-10-16)20(24)19(23)17(22)14-25-12-15-7-3-1-4-8-15/h1-11,18-20,23-24H,12-14H2/t18-,19-,20+/m0/s1. The maximum atomic E-state index is 12.0. The van der Waals surface area contributed by atoms with Crippen molar-refractivity contribution >= 4 is 12.1 Å². The molecule has 0 amide bonds. The minimum absolute atomic E-state index is 0.0761. The lowest BCUT2D eigenvalue weighted by Crippen LogP contribution is -2.45. The second-order valence-electron chi connectivity index (χ2n) is 5.78. The Kier molecular flexibility index (Phi) is 8.11. The molecular weight excluding hydrogens is 336 g/mol. The van der Waals surface area contributed by atoms with Crippen molar-refractivity contribution in [1.82, 2.24) is 0 Å². The third kappa shape index (κ3) is 6.16. The van der Waals surface area contributed by atoms with E-state index < -0.39 is 24.1 Å². The number of ketones is 1. The van der Waals surface area contributed by atoms with Crippen LogP contribution >= 0.6 is 0 Å². The Morgan fingerprint density at radius 1 is 0.923 bits per heavy atom. The number of carbonyl (C=O) groups excluding carboxylic acids is 2. The first-order chi connectivity index (χ1) is 12.6. The highest BCUT2D eigenvalue weighted by molar-refractivity contribution is 5.85. The molecule has 3 atom stereocenters. The van der Waals surface area contributed by atoms with Gasteiger partial charge in [-0.1, -0.05) is 60.7 Å². The second kappa shape index (κ2) is 10.6. The molecule has 0 bridgehead atoms. The van der Waals surface area contributed by atoms with Crippen LogP contribution in [-0.2, 0) is 32.3 Å². The van der Waals surface area contributed by atoms with Crippen molar-refractivity contribution in [3.63, 3.8) is 0 Å². The van der Waals surface area contributed by atoms with Gasteiger partial charge in [0, 0.05) is 0 Å². The number of ether oxygens (including phenoxy) is 2. The number of hydrogen-bond donors (Lipinski definition) is 2. The van der Waals surface area contributed by atoms with Crippen LogP contribution in [0.2, 0.25) is 0 Å². The van der Waals surface area contributed by atoms with Crippen LogP contribution in [-0.4, -0.2) is 47.2 Å². The lowest BCUT2D eigenvalue weighted by molar-refractivity contribution is -0.150. The average molecular weight is 358 g/mol. The summed E-state index contributed by atoms with van der Waals surface area (Å²) in [4.78, 5) is 23.1. The summed E-state index contributed by atoms with van der Waals surface area (Å²) in [6.07, 6.45) is -4.38. The fourth-order valence-corrected chi connectivity index (χ4v) is 2.28. The lowest BCUT2D eigenvalue weighted by Gasteiger charge is -2.22. The molecule has 0 aliphatic rings. The third-order valence-corrected chi connectivity index (χ3v) is 3.77. The normalized spacial score (nSPS) is 14.4. The number of aldehydes is 1. The van der Waals surface area contributed by atoms with Crippen LogP contribution in [0.4, 0.5) is 0 Å². The van der Waals surface area contributed by atoms with Gasteiger partial charge in [-0.05, 0) is 11.1 Å². The van der Waals surface area contributed by atoms with Gasteiger partial charge in [-0.25, -0.2) is 0 Å². The van der Waals surface area contributed by atoms with E-state index in [2.05, 4.69) is 0 Å². The Labute approximate surface area is 152 Å². The molecule has 0 saturated carbocycles. The maximum Gasteiger partial charge on any atom is 0.189 e. The van der Waals surface area contributed by atoms with Gasteiger partial charge in [0.15, 0.2) is 12.1 Å². The van der Waals surface area contributed by atoms with E-state index in [1.807, 2.05) is 48.5 Å². The molecule has 0 unspecified atom stereocenters. The topological polar surface area (TPSA) is 93.1 Å². The van der Waals surface area contributed by atoms with E-state index in [9.17, 15) is 19.8 Å². The highest BCUT2D eigenvalue weighted by Crippen LogP contribution is 2.09. The SMILES string of the molecule is O=C[C@H](OCc1ccccc1)[C@@H](O)[C@@H](O)C(=O)COCc1ccccc1. The largest absolute Gasteiger partial charge is 0.387 e. The smallest absolute Gasteiger partial charge is 0.189 e. The molecule has 2 aromatic rings.